The Balaban J connectivity index is 1.86. The Bertz CT molecular complexity index is 1100. The number of hydrogen-bond donors (Lipinski definition) is 2. The molecule has 0 unspecified atom stereocenters. The molecule has 0 saturated heterocycles. The molecule has 0 bridgehead atoms. The van der Waals surface area contributed by atoms with Gasteiger partial charge in [-0.05, 0) is 52.2 Å². The second-order valence-electron chi connectivity index (χ2n) is 6.30. The van der Waals surface area contributed by atoms with Crippen LogP contribution in [0.25, 0.3) is 32.7 Å². The summed E-state index contributed by atoms with van der Waals surface area (Å²) in [6, 6.07) is 15.7. The highest BCUT2D eigenvalue weighted by Crippen LogP contribution is 2.40. The Morgan fingerprint density at radius 3 is 2.39 bits per heavy atom. The minimum absolute atomic E-state index is 0.156. The van der Waals surface area contributed by atoms with E-state index in [-0.39, 0.29) is 5.88 Å². The summed E-state index contributed by atoms with van der Waals surface area (Å²) < 4.78 is 11.1. The monoisotopic (exact) mass is 379 g/mol. The molecule has 6 heteroatoms. The highest BCUT2D eigenvalue weighted by atomic mass is 17.2. The summed E-state index contributed by atoms with van der Waals surface area (Å²) in [6.07, 6.45) is 1.82. The van der Waals surface area contributed by atoms with Crippen LogP contribution < -0.4 is 9.47 Å². The van der Waals surface area contributed by atoms with E-state index in [4.69, 9.17) is 14.4 Å². The van der Waals surface area contributed by atoms with E-state index < -0.39 is 0 Å². The molecule has 0 aliphatic heterocycles. The van der Waals surface area contributed by atoms with Gasteiger partial charge in [0, 0.05) is 17.0 Å². The predicted octanol–water partition coefficient (Wildman–Crippen LogP) is 4.66. The van der Waals surface area contributed by atoms with Gasteiger partial charge in [-0.25, -0.2) is 9.78 Å². The van der Waals surface area contributed by atoms with E-state index in [9.17, 15) is 5.11 Å². The molecular formula is C22H21NO5. The van der Waals surface area contributed by atoms with Crippen molar-refractivity contribution in [2.45, 2.75) is 0 Å². The highest BCUT2D eigenvalue weighted by Gasteiger charge is 2.14. The standard InChI is InChI=1S/C22H21NO5/c1-25-16-6-3-14(4-7-16)21-18-12-17(27-9-10-28-26-2)8-5-15(18)11-19-20(21)13-23-22(19)24/h3-8,11-13,23-24H,9-10H2,1-2H3. The molecule has 0 spiro atoms. The third-order valence-corrected chi connectivity index (χ3v) is 4.69. The fraction of sp³-hybridized carbons (Fsp3) is 0.182. The minimum atomic E-state index is 0.156. The molecule has 4 rings (SSSR count). The number of aromatic hydroxyl groups is 1. The zero-order valence-corrected chi connectivity index (χ0v) is 15.7. The second-order valence-corrected chi connectivity index (χ2v) is 6.30. The van der Waals surface area contributed by atoms with Crippen molar-refractivity contribution < 1.29 is 24.4 Å². The third-order valence-electron chi connectivity index (χ3n) is 4.69. The van der Waals surface area contributed by atoms with Gasteiger partial charge in [-0.1, -0.05) is 18.2 Å². The molecule has 3 aromatic carbocycles. The molecule has 0 fully saturated rings. The maximum absolute atomic E-state index is 10.2. The minimum Gasteiger partial charge on any atom is -0.497 e. The van der Waals surface area contributed by atoms with Gasteiger partial charge in [0.05, 0.1) is 14.2 Å². The first-order chi connectivity index (χ1) is 13.7. The van der Waals surface area contributed by atoms with E-state index in [2.05, 4.69) is 9.87 Å². The number of nitrogens with one attached hydrogen (secondary N) is 1. The van der Waals surface area contributed by atoms with Crippen molar-refractivity contribution in [1.82, 2.24) is 4.98 Å². The van der Waals surface area contributed by atoms with E-state index >= 15 is 0 Å². The SMILES string of the molecule is COOCCOc1ccc2cc3c(O)[nH]cc3c(-c3ccc(OC)cc3)c2c1. The van der Waals surface area contributed by atoms with Crippen molar-refractivity contribution in [3.8, 4) is 28.5 Å². The molecule has 2 N–H and O–H groups in total. The van der Waals surface area contributed by atoms with Crippen LogP contribution in [0.15, 0.2) is 54.7 Å². The molecule has 0 aliphatic carbocycles. The number of aromatic amines is 1. The molecule has 4 aromatic rings. The van der Waals surface area contributed by atoms with Gasteiger partial charge >= 0.3 is 0 Å². The van der Waals surface area contributed by atoms with Gasteiger partial charge in [-0.3, -0.25) is 0 Å². The summed E-state index contributed by atoms with van der Waals surface area (Å²) in [5.41, 5.74) is 2.04. The first-order valence-corrected chi connectivity index (χ1v) is 8.91. The van der Waals surface area contributed by atoms with Crippen LogP contribution in [0.3, 0.4) is 0 Å². The molecule has 0 amide bonds. The number of fused-ring (bicyclic) bond motifs is 2. The van der Waals surface area contributed by atoms with Crippen LogP contribution in [0.1, 0.15) is 0 Å². The van der Waals surface area contributed by atoms with Crippen LogP contribution in [0, 0.1) is 0 Å². The van der Waals surface area contributed by atoms with E-state index in [1.165, 1.54) is 7.11 Å². The van der Waals surface area contributed by atoms with E-state index in [1.807, 2.05) is 54.7 Å². The largest absolute Gasteiger partial charge is 0.497 e. The highest BCUT2D eigenvalue weighted by molar-refractivity contribution is 6.14. The first kappa shape index (κ1) is 18.2. The number of methoxy groups -OCH3 is 1. The third kappa shape index (κ3) is 3.35. The zero-order valence-electron chi connectivity index (χ0n) is 15.7. The number of H-pyrrole nitrogens is 1. The summed E-state index contributed by atoms with van der Waals surface area (Å²) in [6.45, 7) is 0.717. The van der Waals surface area contributed by atoms with Gasteiger partial charge in [0.1, 0.15) is 24.7 Å². The molecule has 1 aromatic heterocycles. The van der Waals surface area contributed by atoms with Crippen molar-refractivity contribution in [3.63, 3.8) is 0 Å². The molecule has 1 heterocycles. The maximum Gasteiger partial charge on any atom is 0.196 e. The Kier molecular flexibility index (Phi) is 5.06. The van der Waals surface area contributed by atoms with Crippen molar-refractivity contribution in [3.05, 3.63) is 54.7 Å². The van der Waals surface area contributed by atoms with Crippen molar-refractivity contribution in [2.24, 2.45) is 0 Å². The smallest absolute Gasteiger partial charge is 0.196 e. The summed E-state index contributed by atoms with van der Waals surface area (Å²) in [4.78, 5) is 12.3. The molecule has 0 atom stereocenters. The fourth-order valence-corrected chi connectivity index (χ4v) is 3.39. The average molecular weight is 379 g/mol. The molecule has 28 heavy (non-hydrogen) atoms. The molecule has 0 saturated carbocycles. The van der Waals surface area contributed by atoms with Gasteiger partial charge in [-0.15, -0.1) is 0 Å². The van der Waals surface area contributed by atoms with Crippen LogP contribution in [0.4, 0.5) is 0 Å². The number of benzene rings is 3. The lowest BCUT2D eigenvalue weighted by Gasteiger charge is -2.12. The number of hydrogen-bond acceptors (Lipinski definition) is 5. The normalized spacial score (nSPS) is 11.2. The summed E-state index contributed by atoms with van der Waals surface area (Å²) in [7, 11) is 3.11. The summed E-state index contributed by atoms with van der Waals surface area (Å²) in [5, 5.41) is 14.0. The quantitative estimate of drug-likeness (QED) is 0.278. The Hall–Kier alpha value is -3.22. The topological polar surface area (TPSA) is 72.9 Å². The molecular weight excluding hydrogens is 358 g/mol. The molecule has 144 valence electrons. The number of aromatic nitrogens is 1. The average Bonchev–Trinajstić information content (AvgIpc) is 3.10. The summed E-state index contributed by atoms with van der Waals surface area (Å²) >= 11 is 0. The second kappa shape index (κ2) is 7.80. The number of ether oxygens (including phenoxy) is 2. The van der Waals surface area contributed by atoms with Crippen LogP contribution in [0.2, 0.25) is 0 Å². The lowest BCUT2D eigenvalue weighted by molar-refractivity contribution is -0.274. The molecule has 6 nitrogen and oxygen atoms in total. The van der Waals surface area contributed by atoms with Crippen LogP contribution in [0.5, 0.6) is 17.4 Å². The van der Waals surface area contributed by atoms with Crippen LogP contribution in [-0.2, 0) is 9.78 Å². The molecule has 0 aliphatic rings. The van der Waals surface area contributed by atoms with E-state index in [1.54, 1.807) is 7.11 Å². The Morgan fingerprint density at radius 2 is 1.64 bits per heavy atom. The van der Waals surface area contributed by atoms with Crippen molar-refractivity contribution in [1.29, 1.82) is 0 Å². The lowest BCUT2D eigenvalue weighted by Crippen LogP contribution is -2.05. The van der Waals surface area contributed by atoms with Gasteiger partial charge in [0.15, 0.2) is 5.88 Å². The maximum atomic E-state index is 10.2. The van der Waals surface area contributed by atoms with Crippen LogP contribution in [-0.4, -0.2) is 37.5 Å². The van der Waals surface area contributed by atoms with E-state index in [0.29, 0.717) is 13.2 Å². The van der Waals surface area contributed by atoms with Crippen LogP contribution >= 0.6 is 0 Å². The molecule has 0 radical (unpaired) electrons. The van der Waals surface area contributed by atoms with Gasteiger partial charge < -0.3 is 19.6 Å². The predicted molar refractivity (Wildman–Crippen MR) is 108 cm³/mol. The van der Waals surface area contributed by atoms with Gasteiger partial charge in [0.2, 0.25) is 0 Å². The van der Waals surface area contributed by atoms with Gasteiger partial charge in [-0.2, -0.15) is 0 Å². The van der Waals surface area contributed by atoms with Gasteiger partial charge in [0.25, 0.3) is 0 Å². The van der Waals surface area contributed by atoms with E-state index in [0.717, 1.165) is 44.2 Å². The Labute approximate surface area is 162 Å². The summed E-state index contributed by atoms with van der Waals surface area (Å²) in [5.74, 6) is 1.68. The first-order valence-electron chi connectivity index (χ1n) is 8.91. The fourth-order valence-electron chi connectivity index (χ4n) is 3.39. The van der Waals surface area contributed by atoms with Crippen molar-refractivity contribution >= 4 is 21.5 Å². The number of rotatable bonds is 7. The van der Waals surface area contributed by atoms with Crippen molar-refractivity contribution in [2.75, 3.05) is 27.4 Å². The lowest BCUT2D eigenvalue weighted by atomic mass is 9.93. The Morgan fingerprint density at radius 1 is 0.857 bits per heavy atom. The zero-order chi connectivity index (χ0) is 19.5.